The topological polar surface area (TPSA) is 74.0 Å². The van der Waals surface area contributed by atoms with Crippen molar-refractivity contribution in [1.29, 1.82) is 0 Å². The minimum atomic E-state index is -0.325. The molecule has 0 fully saturated rings. The van der Waals surface area contributed by atoms with Crippen LogP contribution in [0.15, 0.2) is 54.9 Å². The summed E-state index contributed by atoms with van der Waals surface area (Å²) in [6.45, 7) is 0.142. The number of amides is 1. The van der Waals surface area contributed by atoms with Gasteiger partial charge >= 0.3 is 0 Å². The van der Waals surface area contributed by atoms with E-state index in [1.165, 1.54) is 23.1 Å². The van der Waals surface area contributed by atoms with E-state index in [9.17, 15) is 9.18 Å². The van der Waals surface area contributed by atoms with Crippen LogP contribution in [-0.4, -0.2) is 32.6 Å². The van der Waals surface area contributed by atoms with E-state index in [2.05, 4.69) is 15.5 Å². The van der Waals surface area contributed by atoms with E-state index in [-0.39, 0.29) is 18.3 Å². The first-order chi connectivity index (χ1) is 13.5. The van der Waals surface area contributed by atoms with E-state index in [0.29, 0.717) is 17.1 Å². The number of nitrogens with one attached hydrogen (secondary N) is 1. The van der Waals surface area contributed by atoms with E-state index in [0.717, 1.165) is 16.5 Å². The van der Waals surface area contributed by atoms with Gasteiger partial charge in [-0.2, -0.15) is 9.90 Å². The van der Waals surface area contributed by atoms with E-state index < -0.39 is 0 Å². The monoisotopic (exact) mass is 379 g/mol. The quantitative estimate of drug-likeness (QED) is 0.578. The Balaban J connectivity index is 1.60. The highest BCUT2D eigenvalue weighted by molar-refractivity contribution is 5.92. The first-order valence-electron chi connectivity index (χ1n) is 8.62. The normalized spacial score (nSPS) is 11.0. The molecule has 0 atom stereocenters. The zero-order valence-electron chi connectivity index (χ0n) is 15.4. The van der Waals surface area contributed by atoms with E-state index in [1.54, 1.807) is 20.2 Å². The Bertz CT molecular complexity index is 1160. The third-order valence-electron chi connectivity index (χ3n) is 4.42. The van der Waals surface area contributed by atoms with Gasteiger partial charge in [0.05, 0.1) is 13.3 Å². The molecule has 8 heteroatoms. The minimum absolute atomic E-state index is 0.142. The fraction of sp³-hybridized carbons (Fsp3) is 0.150. The van der Waals surface area contributed by atoms with Gasteiger partial charge in [0.1, 0.15) is 18.1 Å². The van der Waals surface area contributed by atoms with Crippen LogP contribution in [0.3, 0.4) is 0 Å². The second-order valence-corrected chi connectivity index (χ2v) is 6.33. The molecule has 142 valence electrons. The van der Waals surface area contributed by atoms with Crippen molar-refractivity contribution in [2.75, 3.05) is 12.4 Å². The summed E-state index contributed by atoms with van der Waals surface area (Å²) < 4.78 is 20.9. The third kappa shape index (κ3) is 3.44. The third-order valence-corrected chi connectivity index (χ3v) is 4.42. The van der Waals surface area contributed by atoms with Crippen LogP contribution in [0.25, 0.3) is 22.0 Å². The Morgan fingerprint density at radius 1 is 1.21 bits per heavy atom. The zero-order valence-corrected chi connectivity index (χ0v) is 15.4. The van der Waals surface area contributed by atoms with Gasteiger partial charge in [0, 0.05) is 29.7 Å². The molecule has 1 N–H and O–H groups in total. The molecule has 0 aliphatic rings. The molecule has 7 nitrogen and oxygen atoms in total. The number of carbonyl (C=O) groups is 1. The summed E-state index contributed by atoms with van der Waals surface area (Å²) in [5.74, 6) is 0.482. The highest BCUT2D eigenvalue weighted by atomic mass is 19.1. The summed E-state index contributed by atoms with van der Waals surface area (Å²) in [6, 6.07) is 12.1. The number of fused-ring (bicyclic) bond motifs is 1. The number of rotatable bonds is 5. The standard InChI is InChI=1S/C20H18FN5O2/c1-25-22-11-19(24-25)23-20(27)12-26-8-7-14-9-13(3-5-17(14)26)16-10-15(21)4-6-18(16)28-2/h3-11H,12H2,1-2H3,(H,23,24,27). The van der Waals surface area contributed by atoms with Gasteiger partial charge < -0.3 is 14.6 Å². The van der Waals surface area contributed by atoms with Crippen molar-refractivity contribution < 1.29 is 13.9 Å². The molecular weight excluding hydrogens is 361 g/mol. The van der Waals surface area contributed by atoms with Crippen molar-refractivity contribution in [2.24, 2.45) is 7.05 Å². The molecule has 4 rings (SSSR count). The molecule has 4 aromatic rings. The predicted octanol–water partition coefficient (Wildman–Crippen LogP) is 3.22. The van der Waals surface area contributed by atoms with Crippen LogP contribution in [0.1, 0.15) is 0 Å². The molecule has 0 bridgehead atoms. The van der Waals surface area contributed by atoms with Crippen molar-refractivity contribution in [1.82, 2.24) is 19.6 Å². The van der Waals surface area contributed by atoms with E-state index in [4.69, 9.17) is 4.74 Å². The van der Waals surface area contributed by atoms with Gasteiger partial charge in [-0.05, 0) is 42.0 Å². The predicted molar refractivity (Wildman–Crippen MR) is 104 cm³/mol. The summed E-state index contributed by atoms with van der Waals surface area (Å²) in [6.07, 6.45) is 3.33. The summed E-state index contributed by atoms with van der Waals surface area (Å²) in [4.78, 5) is 13.7. The van der Waals surface area contributed by atoms with Crippen LogP contribution in [0.5, 0.6) is 5.75 Å². The Hall–Kier alpha value is -3.68. The number of benzene rings is 2. The smallest absolute Gasteiger partial charge is 0.245 e. The van der Waals surface area contributed by atoms with Crippen LogP contribution in [-0.2, 0) is 18.4 Å². The van der Waals surface area contributed by atoms with Gasteiger partial charge in [0.25, 0.3) is 0 Å². The molecule has 2 heterocycles. The minimum Gasteiger partial charge on any atom is -0.496 e. The highest BCUT2D eigenvalue weighted by Crippen LogP contribution is 2.32. The number of methoxy groups -OCH3 is 1. The summed E-state index contributed by atoms with van der Waals surface area (Å²) in [5, 5.41) is 11.6. The SMILES string of the molecule is COc1ccc(F)cc1-c1ccc2c(ccn2CC(=O)Nc2cnn(C)n2)c1. The Labute approximate surface area is 160 Å². The molecule has 0 aliphatic heterocycles. The molecule has 0 spiro atoms. The van der Waals surface area contributed by atoms with Gasteiger partial charge in [0.15, 0.2) is 5.82 Å². The number of carbonyl (C=O) groups excluding carboxylic acids is 1. The number of ether oxygens (including phenoxy) is 1. The summed E-state index contributed by atoms with van der Waals surface area (Å²) in [7, 11) is 3.24. The molecule has 0 saturated carbocycles. The average molecular weight is 379 g/mol. The number of aromatic nitrogens is 4. The van der Waals surface area contributed by atoms with Crippen molar-refractivity contribution >= 4 is 22.6 Å². The van der Waals surface area contributed by atoms with Crippen molar-refractivity contribution in [3.63, 3.8) is 0 Å². The largest absolute Gasteiger partial charge is 0.496 e. The van der Waals surface area contributed by atoms with Crippen LogP contribution >= 0.6 is 0 Å². The molecule has 0 aliphatic carbocycles. The number of halogens is 1. The summed E-state index contributed by atoms with van der Waals surface area (Å²) in [5.41, 5.74) is 2.41. The van der Waals surface area contributed by atoms with Crippen LogP contribution in [0.4, 0.5) is 10.2 Å². The van der Waals surface area contributed by atoms with E-state index >= 15 is 0 Å². The maximum Gasteiger partial charge on any atom is 0.245 e. The van der Waals surface area contributed by atoms with Crippen LogP contribution < -0.4 is 10.1 Å². The second-order valence-electron chi connectivity index (χ2n) is 6.33. The number of nitrogens with zero attached hydrogens (tertiary/aromatic N) is 4. The highest BCUT2D eigenvalue weighted by Gasteiger charge is 2.12. The molecule has 0 unspecified atom stereocenters. The maximum absolute atomic E-state index is 13.7. The maximum atomic E-state index is 13.7. The lowest BCUT2D eigenvalue weighted by atomic mass is 10.0. The Kier molecular flexibility index (Phi) is 4.52. The first kappa shape index (κ1) is 17.7. The number of hydrogen-bond acceptors (Lipinski definition) is 4. The average Bonchev–Trinajstić information content (AvgIpc) is 3.27. The van der Waals surface area contributed by atoms with Crippen molar-refractivity contribution in [2.45, 2.75) is 6.54 Å². The number of anilines is 1. The van der Waals surface area contributed by atoms with E-state index in [1.807, 2.05) is 35.0 Å². The molecule has 2 aromatic carbocycles. The fourth-order valence-electron chi connectivity index (χ4n) is 3.15. The van der Waals surface area contributed by atoms with Gasteiger partial charge in [-0.3, -0.25) is 4.79 Å². The van der Waals surface area contributed by atoms with Gasteiger partial charge in [-0.15, -0.1) is 5.10 Å². The molecule has 0 saturated heterocycles. The first-order valence-corrected chi connectivity index (χ1v) is 8.62. The van der Waals surface area contributed by atoms with Gasteiger partial charge in [-0.1, -0.05) is 6.07 Å². The lowest BCUT2D eigenvalue weighted by Gasteiger charge is -2.10. The number of hydrogen-bond donors (Lipinski definition) is 1. The lowest BCUT2D eigenvalue weighted by molar-refractivity contribution is -0.116. The second kappa shape index (κ2) is 7.15. The van der Waals surface area contributed by atoms with Crippen molar-refractivity contribution in [3.05, 3.63) is 60.7 Å². The van der Waals surface area contributed by atoms with Crippen LogP contribution in [0, 0.1) is 5.82 Å². The van der Waals surface area contributed by atoms with Crippen molar-refractivity contribution in [3.8, 4) is 16.9 Å². The Morgan fingerprint density at radius 3 is 2.82 bits per heavy atom. The fourth-order valence-corrected chi connectivity index (χ4v) is 3.15. The van der Waals surface area contributed by atoms with Crippen LogP contribution in [0.2, 0.25) is 0 Å². The summed E-state index contributed by atoms with van der Waals surface area (Å²) >= 11 is 0. The number of aryl methyl sites for hydroxylation is 1. The Morgan fingerprint density at radius 2 is 2.07 bits per heavy atom. The molecule has 0 radical (unpaired) electrons. The van der Waals surface area contributed by atoms with Gasteiger partial charge in [-0.25, -0.2) is 4.39 Å². The molecular formula is C20H18FN5O2. The molecule has 2 aromatic heterocycles. The van der Waals surface area contributed by atoms with Gasteiger partial charge in [0.2, 0.25) is 5.91 Å². The lowest BCUT2D eigenvalue weighted by Crippen LogP contribution is -2.18. The molecule has 28 heavy (non-hydrogen) atoms. The molecule has 1 amide bonds. The zero-order chi connectivity index (χ0) is 19.7.